The topological polar surface area (TPSA) is 36.4 Å². The summed E-state index contributed by atoms with van der Waals surface area (Å²) < 4.78 is 13.3. The number of hydrogen-bond acceptors (Lipinski definition) is 3. The van der Waals surface area contributed by atoms with Crippen LogP contribution in [0.2, 0.25) is 0 Å². The Labute approximate surface area is 164 Å². The van der Waals surface area contributed by atoms with Crippen molar-refractivity contribution in [1.29, 1.82) is 0 Å². The van der Waals surface area contributed by atoms with Crippen LogP contribution in [0.4, 0.5) is 4.39 Å². The molecule has 0 bridgehead atoms. The van der Waals surface area contributed by atoms with Crippen LogP contribution in [0.15, 0.2) is 54.6 Å². The molecule has 1 fully saturated rings. The van der Waals surface area contributed by atoms with Gasteiger partial charge in [-0.15, -0.1) is 0 Å². The third-order valence-corrected chi connectivity index (χ3v) is 5.45. The largest absolute Gasteiger partial charge is 0.341 e. The highest BCUT2D eigenvalue weighted by atomic mass is 19.1. The van der Waals surface area contributed by atoms with Gasteiger partial charge < -0.3 is 9.80 Å². The first kappa shape index (κ1) is 18.6. The van der Waals surface area contributed by atoms with E-state index in [0.717, 1.165) is 42.5 Å². The highest BCUT2D eigenvalue weighted by Crippen LogP contribution is 2.26. The van der Waals surface area contributed by atoms with Gasteiger partial charge in [-0.3, -0.25) is 4.79 Å². The van der Waals surface area contributed by atoms with Gasteiger partial charge in [0.2, 0.25) is 0 Å². The van der Waals surface area contributed by atoms with E-state index in [4.69, 9.17) is 4.98 Å². The summed E-state index contributed by atoms with van der Waals surface area (Å²) >= 11 is 0. The van der Waals surface area contributed by atoms with Crippen LogP contribution < -0.4 is 0 Å². The van der Waals surface area contributed by atoms with E-state index in [0.29, 0.717) is 17.2 Å². The second kappa shape index (κ2) is 7.68. The molecule has 5 heteroatoms. The number of fused-ring (bicyclic) bond motifs is 1. The van der Waals surface area contributed by atoms with Crippen LogP contribution in [0.3, 0.4) is 0 Å². The van der Waals surface area contributed by atoms with E-state index in [1.165, 1.54) is 12.1 Å². The molecule has 1 aromatic heterocycles. The van der Waals surface area contributed by atoms with Gasteiger partial charge in [0.25, 0.3) is 5.91 Å². The number of nitrogens with zero attached hydrogens (tertiary/aromatic N) is 3. The van der Waals surface area contributed by atoms with Crippen LogP contribution in [-0.4, -0.2) is 54.4 Å². The molecule has 144 valence electrons. The van der Waals surface area contributed by atoms with Crippen LogP contribution in [0.5, 0.6) is 0 Å². The number of carbonyl (C=O) groups is 1. The molecule has 0 radical (unpaired) electrons. The number of likely N-dealkylation sites (tertiary alicyclic amines) is 1. The zero-order chi connectivity index (χ0) is 19.7. The summed E-state index contributed by atoms with van der Waals surface area (Å²) in [6.07, 6.45) is 1.12. The molecule has 1 aliphatic heterocycles. The molecule has 2 aromatic carbocycles. The molecule has 1 saturated heterocycles. The molecule has 1 amide bonds. The number of halogens is 1. The fraction of sp³-hybridized carbons (Fsp3) is 0.304. The second-order valence-corrected chi connectivity index (χ2v) is 7.68. The van der Waals surface area contributed by atoms with Crippen molar-refractivity contribution in [2.45, 2.75) is 6.42 Å². The molecule has 0 saturated carbocycles. The van der Waals surface area contributed by atoms with Gasteiger partial charge in [0, 0.05) is 31.1 Å². The van der Waals surface area contributed by atoms with E-state index in [9.17, 15) is 9.18 Å². The maximum atomic E-state index is 13.3. The van der Waals surface area contributed by atoms with Crippen LogP contribution in [0.1, 0.15) is 16.8 Å². The molecule has 1 unspecified atom stereocenters. The van der Waals surface area contributed by atoms with Crippen molar-refractivity contribution in [3.63, 3.8) is 0 Å². The minimum Gasteiger partial charge on any atom is -0.341 e. The van der Waals surface area contributed by atoms with E-state index in [-0.39, 0.29) is 11.7 Å². The summed E-state index contributed by atoms with van der Waals surface area (Å²) in [6.45, 7) is 2.85. The van der Waals surface area contributed by atoms with Crippen molar-refractivity contribution in [1.82, 2.24) is 14.8 Å². The fourth-order valence-electron chi connectivity index (χ4n) is 3.97. The Bertz CT molecular complexity index is 1000. The normalized spacial score (nSPS) is 17.2. The van der Waals surface area contributed by atoms with Gasteiger partial charge in [-0.05, 0) is 62.3 Å². The monoisotopic (exact) mass is 377 g/mol. The molecule has 4 nitrogen and oxygen atoms in total. The fourth-order valence-corrected chi connectivity index (χ4v) is 3.97. The Kier molecular flexibility index (Phi) is 5.09. The van der Waals surface area contributed by atoms with E-state index < -0.39 is 0 Å². The van der Waals surface area contributed by atoms with Gasteiger partial charge in [-0.1, -0.05) is 18.2 Å². The minimum absolute atomic E-state index is 0.00323. The average Bonchev–Trinajstić information content (AvgIpc) is 3.11. The molecule has 0 aliphatic carbocycles. The van der Waals surface area contributed by atoms with Crippen molar-refractivity contribution in [3.8, 4) is 11.3 Å². The molecular weight excluding hydrogens is 353 g/mol. The van der Waals surface area contributed by atoms with Crippen molar-refractivity contribution in [2.75, 3.05) is 33.7 Å². The van der Waals surface area contributed by atoms with E-state index >= 15 is 0 Å². The number of benzene rings is 2. The van der Waals surface area contributed by atoms with Gasteiger partial charge in [-0.2, -0.15) is 0 Å². The maximum Gasteiger partial charge on any atom is 0.254 e. The molecule has 28 heavy (non-hydrogen) atoms. The van der Waals surface area contributed by atoms with Gasteiger partial charge >= 0.3 is 0 Å². The molecule has 0 N–H and O–H groups in total. The lowest BCUT2D eigenvalue weighted by atomic mass is 10.0. The van der Waals surface area contributed by atoms with Crippen LogP contribution in [0.25, 0.3) is 22.2 Å². The summed E-state index contributed by atoms with van der Waals surface area (Å²) in [5, 5.41) is 0.841. The highest BCUT2D eigenvalue weighted by molar-refractivity contribution is 6.07. The summed E-state index contributed by atoms with van der Waals surface area (Å²) in [5.41, 5.74) is 2.87. The smallest absolute Gasteiger partial charge is 0.254 e. The van der Waals surface area contributed by atoms with Crippen molar-refractivity contribution in [2.24, 2.45) is 5.92 Å². The first-order chi connectivity index (χ1) is 13.5. The van der Waals surface area contributed by atoms with E-state index in [1.54, 1.807) is 12.1 Å². The highest BCUT2D eigenvalue weighted by Gasteiger charge is 2.24. The molecular formula is C23H24FN3O. The van der Waals surface area contributed by atoms with Crippen molar-refractivity contribution in [3.05, 3.63) is 66.0 Å². The zero-order valence-corrected chi connectivity index (χ0v) is 16.2. The number of carbonyl (C=O) groups excluding carboxylic acids is 1. The Balaban J connectivity index is 1.70. The maximum absolute atomic E-state index is 13.3. The zero-order valence-electron chi connectivity index (χ0n) is 16.2. The van der Waals surface area contributed by atoms with Gasteiger partial charge in [0.1, 0.15) is 5.82 Å². The van der Waals surface area contributed by atoms with Crippen LogP contribution in [0, 0.1) is 11.7 Å². The molecule has 2 heterocycles. The Morgan fingerprint density at radius 1 is 1.21 bits per heavy atom. The van der Waals surface area contributed by atoms with Crippen LogP contribution in [-0.2, 0) is 0 Å². The summed E-state index contributed by atoms with van der Waals surface area (Å²) in [6, 6.07) is 15.7. The van der Waals surface area contributed by atoms with E-state index in [1.807, 2.05) is 42.3 Å². The molecule has 0 spiro atoms. The molecule has 1 atom stereocenters. The Morgan fingerprint density at radius 2 is 1.96 bits per heavy atom. The number of rotatable bonds is 4. The Hall–Kier alpha value is -2.79. The number of hydrogen-bond donors (Lipinski definition) is 0. The quantitative estimate of drug-likeness (QED) is 0.688. The summed E-state index contributed by atoms with van der Waals surface area (Å²) in [7, 11) is 3.99. The second-order valence-electron chi connectivity index (χ2n) is 7.68. The predicted octanol–water partition coefficient (Wildman–Crippen LogP) is 4.06. The standard InChI is InChI=1S/C23H24FN3O/c1-26-12-11-16(14-26)15-27(2)23(28)20-13-22(17-7-9-18(24)10-8-17)25-21-6-4-3-5-19(20)21/h3-10,13,16H,11-12,14-15H2,1-2H3. The lowest BCUT2D eigenvalue weighted by molar-refractivity contribution is 0.0776. The minimum atomic E-state index is -0.290. The van der Waals surface area contributed by atoms with Gasteiger partial charge in [-0.25, -0.2) is 9.37 Å². The third kappa shape index (κ3) is 3.76. The number of pyridine rings is 1. The van der Waals surface area contributed by atoms with Crippen LogP contribution >= 0.6 is 0 Å². The number of amides is 1. The molecule has 3 aromatic rings. The SMILES string of the molecule is CN1CCC(CN(C)C(=O)c2cc(-c3ccc(F)cc3)nc3ccccc23)C1. The molecule has 1 aliphatic rings. The van der Waals surface area contributed by atoms with Crippen molar-refractivity contribution >= 4 is 16.8 Å². The number of aromatic nitrogens is 1. The third-order valence-electron chi connectivity index (χ3n) is 5.45. The number of para-hydroxylation sites is 1. The van der Waals surface area contributed by atoms with Crippen molar-refractivity contribution < 1.29 is 9.18 Å². The van der Waals surface area contributed by atoms with E-state index in [2.05, 4.69) is 11.9 Å². The van der Waals surface area contributed by atoms with Gasteiger partial charge in [0.05, 0.1) is 16.8 Å². The Morgan fingerprint density at radius 3 is 2.68 bits per heavy atom. The lowest BCUT2D eigenvalue weighted by Crippen LogP contribution is -2.33. The summed E-state index contributed by atoms with van der Waals surface area (Å²) in [4.78, 5) is 22.1. The lowest BCUT2D eigenvalue weighted by Gasteiger charge is -2.22. The molecule has 4 rings (SSSR count). The average molecular weight is 377 g/mol. The first-order valence-corrected chi connectivity index (χ1v) is 9.61. The predicted molar refractivity (Wildman–Crippen MR) is 110 cm³/mol. The summed E-state index contributed by atoms with van der Waals surface area (Å²) in [5.74, 6) is 0.210. The first-order valence-electron chi connectivity index (χ1n) is 9.61. The van der Waals surface area contributed by atoms with Gasteiger partial charge in [0.15, 0.2) is 0 Å².